The number of hydrogen-bond acceptors (Lipinski definition) is 4. The fraction of sp³-hybridized carbons (Fsp3) is 0.308. The van der Waals surface area contributed by atoms with E-state index in [1.807, 2.05) is 31.8 Å². The molecule has 1 unspecified atom stereocenters. The monoisotopic (exact) mass is 264 g/mol. The van der Waals surface area contributed by atoms with Crippen LogP contribution in [0.3, 0.4) is 0 Å². The Morgan fingerprint density at radius 1 is 1.47 bits per heavy atom. The summed E-state index contributed by atoms with van der Waals surface area (Å²) in [6, 6.07) is 8.54. The third kappa shape index (κ3) is 3.56. The summed E-state index contributed by atoms with van der Waals surface area (Å²) < 4.78 is 0. The Morgan fingerprint density at radius 2 is 2.29 bits per heavy atom. The van der Waals surface area contributed by atoms with Crippen molar-refractivity contribution in [3.63, 3.8) is 0 Å². The Bertz CT molecular complexity index is 492. The van der Waals surface area contributed by atoms with E-state index in [0.29, 0.717) is 0 Å². The number of thioether (sulfide) groups is 1. The quantitative estimate of drug-likeness (QED) is 0.854. The number of rotatable bonds is 4. The summed E-state index contributed by atoms with van der Waals surface area (Å²) in [5.74, 6) is 0.980. The summed E-state index contributed by atoms with van der Waals surface area (Å²) in [6.07, 6.45) is 1.96. The molecule has 2 rings (SSSR count). The van der Waals surface area contributed by atoms with Crippen LogP contribution >= 0.6 is 23.1 Å². The lowest BCUT2D eigenvalue weighted by Gasteiger charge is -2.07. The van der Waals surface area contributed by atoms with Gasteiger partial charge in [-0.25, -0.2) is 4.98 Å². The highest BCUT2D eigenvalue weighted by Gasteiger charge is 2.03. The average Bonchev–Trinajstić information content (AvgIpc) is 2.73. The molecule has 0 aliphatic carbocycles. The van der Waals surface area contributed by atoms with Gasteiger partial charge in [-0.2, -0.15) is 0 Å². The number of nitrogens with two attached hydrogens (primary N) is 1. The Morgan fingerprint density at radius 3 is 2.94 bits per heavy atom. The van der Waals surface area contributed by atoms with Crippen LogP contribution in [-0.2, 0) is 5.75 Å². The molecule has 2 aromatic rings. The maximum absolute atomic E-state index is 5.88. The molecule has 1 atom stereocenters. The molecule has 1 heterocycles. The molecule has 0 aliphatic heterocycles. The first-order valence-corrected chi connectivity index (χ1v) is 7.35. The van der Waals surface area contributed by atoms with Crippen molar-refractivity contribution < 1.29 is 0 Å². The van der Waals surface area contributed by atoms with Gasteiger partial charge in [0.15, 0.2) is 0 Å². The van der Waals surface area contributed by atoms with E-state index in [2.05, 4.69) is 29.2 Å². The van der Waals surface area contributed by atoms with Crippen molar-refractivity contribution >= 4 is 23.1 Å². The lowest BCUT2D eigenvalue weighted by Crippen LogP contribution is -2.04. The van der Waals surface area contributed by atoms with Crippen LogP contribution in [0, 0.1) is 6.92 Å². The average molecular weight is 264 g/mol. The van der Waals surface area contributed by atoms with Crippen molar-refractivity contribution in [1.29, 1.82) is 0 Å². The van der Waals surface area contributed by atoms with Crippen molar-refractivity contribution in [1.82, 2.24) is 4.98 Å². The molecule has 0 fully saturated rings. The molecule has 4 heteroatoms. The molecule has 0 spiro atoms. The topological polar surface area (TPSA) is 38.9 Å². The minimum atomic E-state index is 0.0983. The highest BCUT2D eigenvalue weighted by atomic mass is 32.2. The second kappa shape index (κ2) is 5.67. The van der Waals surface area contributed by atoms with Crippen LogP contribution < -0.4 is 5.73 Å². The number of aromatic nitrogens is 1. The predicted octanol–water partition coefficient (Wildman–Crippen LogP) is 3.76. The van der Waals surface area contributed by atoms with Crippen molar-refractivity contribution in [2.75, 3.05) is 0 Å². The summed E-state index contributed by atoms with van der Waals surface area (Å²) in [4.78, 5) is 6.85. The van der Waals surface area contributed by atoms with E-state index >= 15 is 0 Å². The molecule has 0 saturated carbocycles. The van der Waals surface area contributed by atoms with Gasteiger partial charge in [0.1, 0.15) is 0 Å². The van der Waals surface area contributed by atoms with Crippen molar-refractivity contribution in [3.8, 4) is 0 Å². The van der Waals surface area contributed by atoms with Gasteiger partial charge < -0.3 is 5.73 Å². The molecule has 0 radical (unpaired) electrons. The highest BCUT2D eigenvalue weighted by molar-refractivity contribution is 7.98. The summed E-state index contributed by atoms with van der Waals surface area (Å²) in [5, 5.41) is 1.13. The maximum atomic E-state index is 5.88. The Hall–Kier alpha value is -0.840. The minimum Gasteiger partial charge on any atom is -0.324 e. The molecule has 1 aromatic carbocycles. The molecule has 0 bridgehead atoms. The van der Waals surface area contributed by atoms with Crippen LogP contribution in [0.15, 0.2) is 35.4 Å². The van der Waals surface area contributed by atoms with Crippen molar-refractivity contribution in [2.45, 2.75) is 30.5 Å². The van der Waals surface area contributed by atoms with Crippen molar-refractivity contribution in [3.05, 3.63) is 45.9 Å². The standard InChI is InChI=1S/C13H16N2S2/c1-9(14)11-4-3-5-12(6-11)16-8-13-7-15-10(2)17-13/h3-7,9H,8,14H2,1-2H3. The smallest absolute Gasteiger partial charge is 0.0897 e. The first-order chi connectivity index (χ1) is 8.15. The van der Waals surface area contributed by atoms with E-state index in [1.165, 1.54) is 15.3 Å². The number of hydrogen-bond donors (Lipinski definition) is 1. The predicted molar refractivity (Wildman–Crippen MR) is 75.5 cm³/mol. The van der Waals surface area contributed by atoms with Gasteiger partial charge >= 0.3 is 0 Å². The van der Waals surface area contributed by atoms with Crippen LogP contribution in [0.25, 0.3) is 0 Å². The Balaban J connectivity index is 2.01. The zero-order valence-electron chi connectivity index (χ0n) is 10.0. The summed E-state index contributed by atoms with van der Waals surface area (Å²) in [5.41, 5.74) is 7.07. The third-order valence-electron chi connectivity index (χ3n) is 2.43. The molecular weight excluding hydrogens is 248 g/mol. The van der Waals surface area contributed by atoms with Crippen LogP contribution in [0.2, 0.25) is 0 Å². The van der Waals surface area contributed by atoms with E-state index in [-0.39, 0.29) is 6.04 Å². The molecule has 0 saturated heterocycles. The maximum Gasteiger partial charge on any atom is 0.0897 e. The van der Waals surface area contributed by atoms with Gasteiger partial charge in [0.25, 0.3) is 0 Å². The molecule has 0 aliphatic rings. The minimum absolute atomic E-state index is 0.0983. The van der Waals surface area contributed by atoms with Crippen LogP contribution in [-0.4, -0.2) is 4.98 Å². The number of aryl methyl sites for hydroxylation is 1. The van der Waals surface area contributed by atoms with E-state index in [4.69, 9.17) is 5.73 Å². The second-order valence-electron chi connectivity index (χ2n) is 4.00. The van der Waals surface area contributed by atoms with E-state index in [1.54, 1.807) is 11.3 Å². The molecule has 17 heavy (non-hydrogen) atoms. The summed E-state index contributed by atoms with van der Waals surface area (Å²) >= 11 is 3.59. The zero-order valence-corrected chi connectivity index (χ0v) is 11.6. The third-order valence-corrected chi connectivity index (χ3v) is 4.57. The molecule has 1 aromatic heterocycles. The summed E-state index contributed by atoms with van der Waals surface area (Å²) in [6.45, 7) is 4.05. The van der Waals surface area contributed by atoms with E-state index < -0.39 is 0 Å². The second-order valence-corrected chi connectivity index (χ2v) is 6.36. The molecule has 0 amide bonds. The zero-order chi connectivity index (χ0) is 12.3. The normalized spacial score (nSPS) is 12.6. The van der Waals surface area contributed by atoms with Gasteiger partial charge in [0.2, 0.25) is 0 Å². The van der Waals surface area contributed by atoms with Gasteiger partial charge in [0, 0.05) is 27.8 Å². The largest absolute Gasteiger partial charge is 0.324 e. The summed E-state index contributed by atoms with van der Waals surface area (Å²) in [7, 11) is 0. The lowest BCUT2D eigenvalue weighted by molar-refractivity contribution is 0.815. The van der Waals surface area contributed by atoms with Crippen molar-refractivity contribution in [2.24, 2.45) is 5.73 Å². The van der Waals surface area contributed by atoms with Crippen LogP contribution in [0.1, 0.15) is 28.4 Å². The van der Waals surface area contributed by atoms with Crippen LogP contribution in [0.4, 0.5) is 0 Å². The van der Waals surface area contributed by atoms with Gasteiger partial charge in [-0.1, -0.05) is 12.1 Å². The number of nitrogens with zero attached hydrogens (tertiary/aromatic N) is 1. The van der Waals surface area contributed by atoms with Gasteiger partial charge in [-0.05, 0) is 31.5 Å². The van der Waals surface area contributed by atoms with E-state index in [9.17, 15) is 0 Å². The molecule has 2 N–H and O–H groups in total. The number of thiazole rings is 1. The van der Waals surface area contributed by atoms with E-state index in [0.717, 1.165) is 10.8 Å². The lowest BCUT2D eigenvalue weighted by atomic mass is 10.1. The molecular formula is C13H16N2S2. The first kappa shape index (κ1) is 12.6. The fourth-order valence-electron chi connectivity index (χ4n) is 1.51. The number of benzene rings is 1. The Kier molecular flexibility index (Phi) is 4.20. The fourth-order valence-corrected chi connectivity index (χ4v) is 3.29. The SMILES string of the molecule is Cc1ncc(CSc2cccc(C(C)N)c2)s1. The van der Waals surface area contributed by atoms with Gasteiger partial charge in [-0.3, -0.25) is 0 Å². The Labute approximate surface area is 110 Å². The molecule has 2 nitrogen and oxygen atoms in total. The van der Waals surface area contributed by atoms with Gasteiger partial charge in [0.05, 0.1) is 5.01 Å². The van der Waals surface area contributed by atoms with Gasteiger partial charge in [-0.15, -0.1) is 23.1 Å². The van der Waals surface area contributed by atoms with Crippen LogP contribution in [0.5, 0.6) is 0 Å². The highest BCUT2D eigenvalue weighted by Crippen LogP contribution is 2.27. The molecule has 90 valence electrons. The first-order valence-electron chi connectivity index (χ1n) is 5.55.